The molecule has 1 amide bonds. The molecule has 13 nitrogen and oxygen atoms in total. The molecule has 0 aromatic heterocycles. The first kappa shape index (κ1) is 54.9. The summed E-state index contributed by atoms with van der Waals surface area (Å²) in [6, 6.07) is -0.838. The molecule has 13 heteroatoms. The number of cyclic esters (lactones) is 1. The Balaban J connectivity index is 1.69. The summed E-state index contributed by atoms with van der Waals surface area (Å²) in [7, 11) is 6.34. The van der Waals surface area contributed by atoms with Gasteiger partial charge in [-0.05, 0) is 113 Å². The average molecular weight is 916 g/mol. The number of ketones is 1. The molecule has 1 aliphatic carbocycles. The van der Waals surface area contributed by atoms with Gasteiger partial charge < -0.3 is 48.6 Å². The number of carbonyl (C=O) groups excluding carboxylic acids is 3. The number of amides is 1. The quantitative estimate of drug-likeness (QED) is 0.171. The number of aliphatic hydroxyl groups excluding tert-OH is 3. The highest BCUT2D eigenvalue weighted by atomic mass is 16.7. The Morgan fingerprint density at radius 3 is 2.26 bits per heavy atom. The summed E-state index contributed by atoms with van der Waals surface area (Å²) in [5.41, 5.74) is 1.52. The molecule has 0 spiro atoms. The minimum atomic E-state index is -1.20. The third-order valence-electron chi connectivity index (χ3n) is 15.1. The van der Waals surface area contributed by atoms with Crippen LogP contribution < -0.4 is 0 Å². The Labute approximate surface area is 390 Å². The van der Waals surface area contributed by atoms with E-state index < -0.39 is 54.2 Å². The van der Waals surface area contributed by atoms with E-state index >= 15 is 0 Å². The summed E-state index contributed by atoms with van der Waals surface area (Å²) in [4.78, 5) is 44.8. The van der Waals surface area contributed by atoms with Crippen LogP contribution in [-0.2, 0) is 42.8 Å². The van der Waals surface area contributed by atoms with Gasteiger partial charge >= 0.3 is 5.97 Å². The number of Topliss-reactive ketones (excluding diaryl/α,β-unsaturated/α-hetero) is 1. The second kappa shape index (κ2) is 26.1. The van der Waals surface area contributed by atoms with Crippen LogP contribution in [0.3, 0.4) is 0 Å². The Hall–Kier alpha value is -2.75. The summed E-state index contributed by atoms with van der Waals surface area (Å²) >= 11 is 0. The molecular formula is C52H85NO12. The summed E-state index contributed by atoms with van der Waals surface area (Å²) in [5.74, 6) is -3.04. The summed E-state index contributed by atoms with van der Waals surface area (Å²) in [5, 5.41) is 33.5. The predicted molar refractivity (Wildman–Crippen MR) is 251 cm³/mol. The molecule has 4 rings (SSSR count). The van der Waals surface area contributed by atoms with Crippen molar-refractivity contribution in [2.45, 2.75) is 193 Å². The van der Waals surface area contributed by atoms with E-state index in [0.29, 0.717) is 50.6 Å². The van der Waals surface area contributed by atoms with Gasteiger partial charge in [-0.25, -0.2) is 4.79 Å². The first-order valence-electron chi connectivity index (χ1n) is 24.5. The lowest BCUT2D eigenvalue weighted by Gasteiger charge is -2.46. The summed E-state index contributed by atoms with van der Waals surface area (Å²) < 4.78 is 36.6. The second-order valence-electron chi connectivity index (χ2n) is 20.1. The fourth-order valence-corrected chi connectivity index (χ4v) is 10.7. The topological polar surface area (TPSA) is 171 Å². The van der Waals surface area contributed by atoms with Gasteiger partial charge in [0.15, 0.2) is 5.79 Å². The van der Waals surface area contributed by atoms with Crippen molar-refractivity contribution in [3.63, 3.8) is 0 Å². The molecule has 4 aliphatic rings. The van der Waals surface area contributed by atoms with E-state index in [-0.39, 0.29) is 72.4 Å². The van der Waals surface area contributed by atoms with Crippen LogP contribution in [0.25, 0.3) is 0 Å². The highest BCUT2D eigenvalue weighted by Gasteiger charge is 2.48. The SMILES string of the molecule is COC1C(O)/C(C)=C/[C@@H](C)C(=O)C[C@@H]([C@H](C)CC2CC[C@@H](O)C(OC)C2)OC(=O)C2CCCCN2C(=O)CC2(OC)O[C@@H](CCC2C)C[C@H](OC)/C(C)=C/C=C/C=C/[C@@H](C)CC(C)[C@@H]1O. The monoisotopic (exact) mass is 916 g/mol. The van der Waals surface area contributed by atoms with Crippen LogP contribution in [-0.4, -0.2) is 134 Å². The van der Waals surface area contributed by atoms with Crippen molar-refractivity contribution in [3.8, 4) is 0 Å². The van der Waals surface area contributed by atoms with E-state index in [4.69, 9.17) is 28.4 Å². The molecule has 3 fully saturated rings. The molecule has 2 saturated heterocycles. The van der Waals surface area contributed by atoms with E-state index in [2.05, 4.69) is 13.0 Å². The smallest absolute Gasteiger partial charge is 0.329 e. The molecule has 8 unspecified atom stereocenters. The number of methoxy groups -OCH3 is 4. The number of allylic oxidation sites excluding steroid dienone is 6. The van der Waals surface area contributed by atoms with Crippen molar-refractivity contribution in [2.75, 3.05) is 35.0 Å². The van der Waals surface area contributed by atoms with Crippen molar-refractivity contribution >= 4 is 17.7 Å². The molecule has 16 atom stereocenters. The van der Waals surface area contributed by atoms with Crippen molar-refractivity contribution < 1.29 is 58.1 Å². The number of hydrogen-bond donors (Lipinski definition) is 3. The van der Waals surface area contributed by atoms with Gasteiger partial charge in [0.05, 0.1) is 36.9 Å². The molecule has 1 saturated carbocycles. The van der Waals surface area contributed by atoms with Crippen LogP contribution in [0.1, 0.15) is 132 Å². The highest BCUT2D eigenvalue weighted by molar-refractivity contribution is 5.86. The number of hydrogen-bond acceptors (Lipinski definition) is 12. The van der Waals surface area contributed by atoms with Crippen molar-refractivity contribution in [1.82, 2.24) is 4.90 Å². The number of aliphatic hydroxyl groups is 3. The maximum absolute atomic E-state index is 14.5. The number of rotatable bonds is 7. The predicted octanol–water partition coefficient (Wildman–Crippen LogP) is 7.45. The Morgan fingerprint density at radius 1 is 0.846 bits per heavy atom. The van der Waals surface area contributed by atoms with E-state index in [1.165, 1.54) is 7.11 Å². The lowest BCUT2D eigenvalue weighted by Crippen LogP contribution is -2.55. The number of piperidine rings is 1. The van der Waals surface area contributed by atoms with Gasteiger partial charge in [-0.3, -0.25) is 9.59 Å². The van der Waals surface area contributed by atoms with Crippen molar-refractivity contribution in [1.29, 1.82) is 0 Å². The fourth-order valence-electron chi connectivity index (χ4n) is 10.7. The minimum Gasteiger partial charge on any atom is -0.460 e. The second-order valence-corrected chi connectivity index (χ2v) is 20.1. The van der Waals surface area contributed by atoms with Crippen molar-refractivity contribution in [3.05, 3.63) is 47.6 Å². The van der Waals surface area contributed by atoms with Crippen LogP contribution in [0, 0.1) is 35.5 Å². The lowest BCUT2D eigenvalue weighted by atomic mass is 9.78. The average Bonchev–Trinajstić information content (AvgIpc) is 3.28. The van der Waals surface area contributed by atoms with E-state index in [1.54, 1.807) is 46.2 Å². The molecule has 0 aromatic rings. The van der Waals surface area contributed by atoms with Gasteiger partial charge in [0, 0.05) is 59.7 Å². The number of ether oxygens (including phenoxy) is 6. The first-order chi connectivity index (χ1) is 30.9. The van der Waals surface area contributed by atoms with Crippen molar-refractivity contribution in [2.24, 2.45) is 35.5 Å². The van der Waals surface area contributed by atoms with Gasteiger partial charge in [-0.1, -0.05) is 71.1 Å². The summed E-state index contributed by atoms with van der Waals surface area (Å²) in [6.07, 6.45) is 13.8. The van der Waals surface area contributed by atoms with Gasteiger partial charge in [-0.15, -0.1) is 0 Å². The zero-order valence-electron chi connectivity index (χ0n) is 41.5. The van der Waals surface area contributed by atoms with Gasteiger partial charge in [-0.2, -0.15) is 0 Å². The van der Waals surface area contributed by atoms with Gasteiger partial charge in [0.2, 0.25) is 5.91 Å². The van der Waals surface area contributed by atoms with Gasteiger partial charge in [0.1, 0.15) is 30.1 Å². The maximum atomic E-state index is 14.5. The van der Waals surface area contributed by atoms with E-state index in [9.17, 15) is 29.7 Å². The first-order valence-corrected chi connectivity index (χ1v) is 24.5. The number of fused-ring (bicyclic) bond motifs is 3. The lowest BCUT2D eigenvalue weighted by molar-refractivity contribution is -0.297. The molecule has 2 bridgehead atoms. The van der Waals surface area contributed by atoms with Crippen LogP contribution in [0.15, 0.2) is 47.6 Å². The maximum Gasteiger partial charge on any atom is 0.329 e. The zero-order chi connectivity index (χ0) is 48.0. The standard InChI is InChI=1S/C52H85NO12/c1-32-17-13-12-14-18-33(2)44(60-8)29-40-22-20-38(7)52(63-11,65-40)31-47(56)53-24-16-15-19-41(53)51(59)64-45(35(4)27-39-21-23-42(54)46(28-39)61-9)30-43(55)34(3)26-37(6)49(58)50(62-10)48(57)36(5)25-32/h12-14,17-18,26,32,34-36,38-42,44-46,48-50,54,57-58H,15-16,19-25,27-31H2,1-11H3/b14-12+,17-13+,33-18+,37-26+/t32-,34-,35-,36?,38?,39?,40+,41?,42-,44+,45+,46?,48+,49?,50?,52?/m1/s1. The molecule has 0 radical (unpaired) electrons. The molecular weight excluding hydrogens is 831 g/mol. The molecule has 3 aliphatic heterocycles. The normalized spacial score (nSPS) is 41.5. The molecule has 3 heterocycles. The van der Waals surface area contributed by atoms with Crippen LogP contribution in [0.4, 0.5) is 0 Å². The van der Waals surface area contributed by atoms with Crippen LogP contribution in [0.5, 0.6) is 0 Å². The van der Waals surface area contributed by atoms with Crippen LogP contribution in [0.2, 0.25) is 0 Å². The molecule has 3 N–H and O–H groups in total. The van der Waals surface area contributed by atoms with E-state index in [1.807, 2.05) is 52.0 Å². The third-order valence-corrected chi connectivity index (χ3v) is 15.1. The van der Waals surface area contributed by atoms with Crippen LogP contribution >= 0.6 is 0 Å². The molecule has 65 heavy (non-hydrogen) atoms. The highest BCUT2D eigenvalue weighted by Crippen LogP contribution is 2.41. The summed E-state index contributed by atoms with van der Waals surface area (Å²) in [6.45, 7) is 14.0. The minimum absolute atomic E-state index is 0.0633. The Bertz CT molecular complexity index is 1640. The number of nitrogens with zero attached hydrogens (tertiary/aromatic N) is 1. The fraction of sp³-hybridized carbons (Fsp3) is 0.788. The Kier molecular flexibility index (Phi) is 22.0. The van der Waals surface area contributed by atoms with Gasteiger partial charge in [0.25, 0.3) is 0 Å². The number of esters is 1. The molecule has 370 valence electrons. The Morgan fingerprint density at radius 2 is 1.58 bits per heavy atom. The zero-order valence-corrected chi connectivity index (χ0v) is 41.5. The molecule has 0 aromatic carbocycles. The largest absolute Gasteiger partial charge is 0.460 e. The number of carbonyl (C=O) groups is 3. The van der Waals surface area contributed by atoms with E-state index in [0.717, 1.165) is 37.7 Å². The third kappa shape index (κ3) is 15.1.